The van der Waals surface area contributed by atoms with Gasteiger partial charge in [0, 0.05) is 55.2 Å². The molecule has 4 aromatic carbocycles. The number of aliphatic hydroxyl groups excluding tert-OH is 1. The Morgan fingerprint density at radius 1 is 0.670 bits per heavy atom. The lowest BCUT2D eigenvalue weighted by atomic mass is 10.0. The number of carbonyl (C=O) groups excluding carboxylic acids is 10. The maximum absolute atomic E-state index is 14.5. The van der Waals surface area contributed by atoms with Gasteiger partial charge in [-0.05, 0) is 91.8 Å². The zero-order valence-electron chi connectivity index (χ0n) is 51.1. The number of guanidine groups is 1. The Labute approximate surface area is 533 Å². The van der Waals surface area contributed by atoms with Gasteiger partial charge in [0.05, 0.1) is 24.7 Å². The summed E-state index contributed by atoms with van der Waals surface area (Å²) in [7, 11) is 0. The van der Waals surface area contributed by atoms with Crippen LogP contribution >= 0.6 is 12.6 Å². The van der Waals surface area contributed by atoms with E-state index in [1.165, 1.54) is 24.0 Å². The van der Waals surface area contributed by atoms with Crippen molar-refractivity contribution >= 4 is 88.9 Å². The van der Waals surface area contributed by atoms with Crippen LogP contribution in [0.15, 0.2) is 120 Å². The van der Waals surface area contributed by atoms with Gasteiger partial charge in [0.25, 0.3) is 0 Å². The monoisotopic (exact) mass is 1270 g/mol. The standard InChI is InChI=1S/C64H84N14O12S/c1-37(2)28-48(73-61(88)53-21-13-27-78(53)63(90)51(31-41-22-24-44(81)25-23-41)75-56(83)46(65)19-12-26-68-64(66)67)59(86)77-55(38(3)80)62(89)74-49(30-40-16-8-5-9-17-40)57(84)70-34-54(82)72-50(32-42-33-69-47-20-11-10-18-45(42)47)58(85)76-52(36-91)60(87)71-43(35-79)29-39-14-6-4-7-15-39/h4-11,14-18,20,22-25,33,35,37-38,43,46,48-53,55,69,80-81,91H,12-13,19,21,26-32,34,36,65H2,1-3H3,(H,70,84)(H,71,87)(H,72,82)(H,73,88)(H,74,89)(H,75,83)(H,76,85)(H,77,86)(H4,66,67,68)/t38-,43+,46+,48+,49+,50+,51+,52+,53+,55+/m1/s1. The highest BCUT2D eigenvalue weighted by Crippen LogP contribution is 2.23. The van der Waals surface area contributed by atoms with E-state index in [0.717, 1.165) is 16.5 Å². The average molecular weight is 1270 g/mol. The number of para-hydroxylation sites is 1. The number of hydrogen-bond donors (Lipinski definition) is 15. The fraction of sp³-hybridized carbons (Fsp3) is 0.422. The molecule has 1 aliphatic rings. The third-order valence-corrected chi connectivity index (χ3v) is 15.6. The molecule has 17 N–H and O–H groups in total. The van der Waals surface area contributed by atoms with Gasteiger partial charge >= 0.3 is 0 Å². The van der Waals surface area contributed by atoms with Gasteiger partial charge in [-0.3, -0.25) is 48.1 Å². The van der Waals surface area contributed by atoms with E-state index >= 15 is 0 Å². The van der Waals surface area contributed by atoms with E-state index in [4.69, 9.17) is 17.2 Å². The number of phenols is 1. The SMILES string of the molecule is CC(C)C[C@H](NC(=O)[C@@H]1CCCN1C(=O)[C@H](Cc1ccc(O)cc1)NC(=O)[C@@H](N)CCCN=C(N)N)C(=O)N[C@H](C(=O)N[C@@H](Cc1ccccc1)C(=O)NCC(=O)N[C@@H](Cc1c[nH]c2ccccc12)C(=O)N[C@@H](CS)C(=O)N[C@H](C=O)Cc1ccccc1)[C@@H](C)O. The molecule has 26 nitrogen and oxygen atoms in total. The molecular formula is C64H84N14O12S. The summed E-state index contributed by atoms with van der Waals surface area (Å²) in [5.41, 5.74) is 20.4. The molecule has 1 fully saturated rings. The van der Waals surface area contributed by atoms with Crippen molar-refractivity contribution in [1.82, 2.24) is 52.4 Å². The summed E-state index contributed by atoms with van der Waals surface area (Å²) >= 11 is 4.31. The number of nitrogens with one attached hydrogen (secondary N) is 9. The molecule has 9 amide bonds. The molecule has 5 aromatic rings. The first-order valence-corrected chi connectivity index (χ1v) is 30.8. The second-order valence-corrected chi connectivity index (χ2v) is 23.3. The van der Waals surface area contributed by atoms with Crippen LogP contribution in [0, 0.1) is 5.92 Å². The van der Waals surface area contributed by atoms with E-state index in [1.54, 1.807) is 92.8 Å². The highest BCUT2D eigenvalue weighted by atomic mass is 32.1. The summed E-state index contributed by atoms with van der Waals surface area (Å²) in [6.07, 6.45) is 1.84. The first-order chi connectivity index (χ1) is 43.5. The quantitative estimate of drug-likeness (QED) is 0.00818. The van der Waals surface area contributed by atoms with E-state index in [0.29, 0.717) is 35.8 Å². The van der Waals surface area contributed by atoms with Crippen molar-refractivity contribution in [3.05, 3.63) is 138 Å². The molecule has 10 atom stereocenters. The first-order valence-electron chi connectivity index (χ1n) is 30.2. The van der Waals surface area contributed by atoms with Crippen molar-refractivity contribution in [2.75, 3.05) is 25.4 Å². The zero-order valence-corrected chi connectivity index (χ0v) is 52.0. The summed E-state index contributed by atoms with van der Waals surface area (Å²) in [6.45, 7) is 4.47. The Kier molecular flexibility index (Phi) is 27.3. The van der Waals surface area contributed by atoms with E-state index in [-0.39, 0.29) is 81.4 Å². The van der Waals surface area contributed by atoms with Gasteiger partial charge in [-0.1, -0.05) is 105 Å². The van der Waals surface area contributed by atoms with Gasteiger partial charge < -0.3 is 84.6 Å². The van der Waals surface area contributed by atoms with Crippen molar-refractivity contribution in [3.8, 4) is 5.75 Å². The summed E-state index contributed by atoms with van der Waals surface area (Å²) in [5, 5.41) is 42.9. The lowest BCUT2D eigenvalue weighted by Crippen LogP contribution is -2.61. The Morgan fingerprint density at radius 3 is 1.89 bits per heavy atom. The number of hydrogen-bond acceptors (Lipinski definition) is 15. The number of thiol groups is 1. The molecular weight excluding hydrogens is 1190 g/mol. The Balaban J connectivity index is 1.13. The molecule has 91 heavy (non-hydrogen) atoms. The molecule has 27 heteroatoms. The van der Waals surface area contributed by atoms with Crippen LogP contribution in [0.25, 0.3) is 10.9 Å². The van der Waals surface area contributed by atoms with Crippen LogP contribution in [0.5, 0.6) is 5.75 Å². The zero-order chi connectivity index (χ0) is 66.1. The minimum atomic E-state index is -1.71. The number of carbonyl (C=O) groups is 10. The molecule has 0 radical (unpaired) electrons. The molecule has 1 aromatic heterocycles. The van der Waals surface area contributed by atoms with E-state index in [1.807, 2.05) is 24.3 Å². The fourth-order valence-corrected chi connectivity index (χ4v) is 10.7. The van der Waals surface area contributed by atoms with Crippen molar-refractivity contribution in [2.45, 2.75) is 139 Å². The number of aliphatic imine (C=N–C) groups is 1. The average Bonchev–Trinajstić information content (AvgIpc) is 2.12. The maximum Gasteiger partial charge on any atom is 0.246 e. The van der Waals surface area contributed by atoms with Crippen LogP contribution in [0.1, 0.15) is 75.1 Å². The van der Waals surface area contributed by atoms with Crippen molar-refractivity contribution in [1.29, 1.82) is 0 Å². The number of aromatic amines is 1. The lowest BCUT2D eigenvalue weighted by Gasteiger charge is -2.31. The van der Waals surface area contributed by atoms with Crippen LogP contribution in [0.3, 0.4) is 0 Å². The summed E-state index contributed by atoms with van der Waals surface area (Å²) in [5.74, 6) is -7.49. The fourth-order valence-electron chi connectivity index (χ4n) is 10.5. The van der Waals surface area contributed by atoms with Crippen LogP contribution in [0.2, 0.25) is 0 Å². The van der Waals surface area contributed by atoms with Gasteiger partial charge in [-0.2, -0.15) is 12.6 Å². The van der Waals surface area contributed by atoms with E-state index in [2.05, 4.69) is 65.1 Å². The predicted octanol–water partition coefficient (Wildman–Crippen LogP) is -0.419. The van der Waals surface area contributed by atoms with Gasteiger partial charge in [-0.15, -0.1) is 0 Å². The molecule has 0 bridgehead atoms. The number of nitrogens with two attached hydrogens (primary N) is 3. The Hall–Kier alpha value is -9.34. The number of aliphatic hydroxyl groups is 1. The number of rotatable bonds is 34. The molecule has 488 valence electrons. The summed E-state index contributed by atoms with van der Waals surface area (Å²) < 4.78 is 0. The molecule has 0 unspecified atom stereocenters. The third kappa shape index (κ3) is 22.0. The number of fused-ring (bicyclic) bond motifs is 1. The number of aldehydes is 1. The number of phenolic OH excluding ortho intramolecular Hbond substituents is 1. The minimum absolute atomic E-state index is 0.0172. The molecule has 0 saturated carbocycles. The minimum Gasteiger partial charge on any atom is -0.508 e. The largest absolute Gasteiger partial charge is 0.508 e. The number of benzene rings is 4. The van der Waals surface area contributed by atoms with E-state index in [9.17, 15) is 58.2 Å². The number of aromatic hydroxyl groups is 1. The summed E-state index contributed by atoms with van der Waals surface area (Å²) in [4.78, 5) is 147. The van der Waals surface area contributed by atoms with Crippen LogP contribution < -0.4 is 59.7 Å². The number of nitrogens with zero attached hydrogens (tertiary/aromatic N) is 2. The van der Waals surface area contributed by atoms with Gasteiger partial charge in [0.2, 0.25) is 53.2 Å². The molecule has 2 heterocycles. The maximum atomic E-state index is 14.5. The topological polar surface area (TPSA) is 417 Å². The highest BCUT2D eigenvalue weighted by molar-refractivity contribution is 7.80. The molecule has 0 spiro atoms. The van der Waals surface area contributed by atoms with Crippen molar-refractivity contribution in [2.24, 2.45) is 28.1 Å². The number of aromatic nitrogens is 1. The van der Waals surface area contributed by atoms with Gasteiger partial charge in [-0.25, -0.2) is 0 Å². The summed E-state index contributed by atoms with van der Waals surface area (Å²) in [6, 6.07) is 19.6. The number of likely N-dealkylation sites (tertiary alicyclic amines) is 1. The third-order valence-electron chi connectivity index (χ3n) is 15.2. The Morgan fingerprint density at radius 2 is 1.25 bits per heavy atom. The normalized spacial score (nSPS) is 15.8. The molecule has 6 rings (SSSR count). The lowest BCUT2D eigenvalue weighted by molar-refractivity contribution is -0.142. The second-order valence-electron chi connectivity index (χ2n) is 22.9. The first kappa shape index (κ1) is 70.7. The predicted molar refractivity (Wildman–Crippen MR) is 344 cm³/mol. The Bertz CT molecular complexity index is 3310. The molecule has 1 aliphatic heterocycles. The van der Waals surface area contributed by atoms with Crippen LogP contribution in [0.4, 0.5) is 0 Å². The van der Waals surface area contributed by atoms with Crippen LogP contribution in [-0.2, 0) is 73.6 Å². The number of amides is 9. The van der Waals surface area contributed by atoms with Crippen molar-refractivity contribution in [3.63, 3.8) is 0 Å². The van der Waals surface area contributed by atoms with Crippen LogP contribution in [-0.4, -0.2) is 171 Å². The van der Waals surface area contributed by atoms with E-state index < -0.39 is 120 Å². The second kappa shape index (κ2) is 35.2. The molecule has 1 saturated heterocycles. The highest BCUT2D eigenvalue weighted by Gasteiger charge is 2.41. The van der Waals surface area contributed by atoms with Gasteiger partial charge in [0.15, 0.2) is 5.96 Å². The van der Waals surface area contributed by atoms with Gasteiger partial charge in [0.1, 0.15) is 54.3 Å². The van der Waals surface area contributed by atoms with Crippen molar-refractivity contribution < 1.29 is 58.2 Å². The number of H-pyrrole nitrogens is 1. The molecule has 0 aliphatic carbocycles. The smallest absolute Gasteiger partial charge is 0.246 e.